The predicted octanol–water partition coefficient (Wildman–Crippen LogP) is 5.09. The Kier molecular flexibility index (Phi) is 4.21. The maximum Gasteiger partial charge on any atom is 0.249 e. The Bertz CT molecular complexity index is 964. The van der Waals surface area contributed by atoms with Gasteiger partial charge in [0.15, 0.2) is 0 Å². The van der Waals surface area contributed by atoms with Crippen LogP contribution in [0.3, 0.4) is 0 Å². The third kappa shape index (κ3) is 2.90. The van der Waals surface area contributed by atoms with Gasteiger partial charge in [0.2, 0.25) is 5.56 Å². The van der Waals surface area contributed by atoms with E-state index in [1.807, 2.05) is 30.3 Å². The van der Waals surface area contributed by atoms with Gasteiger partial charge in [-0.1, -0.05) is 54.1 Å². The van der Waals surface area contributed by atoms with E-state index in [0.717, 1.165) is 39.8 Å². The summed E-state index contributed by atoms with van der Waals surface area (Å²) in [6.07, 6.45) is 1.96. The zero-order valence-corrected chi connectivity index (χ0v) is 14.6. The van der Waals surface area contributed by atoms with Gasteiger partial charge < -0.3 is 4.98 Å². The summed E-state index contributed by atoms with van der Waals surface area (Å²) in [5.41, 5.74) is 5.85. The van der Waals surface area contributed by atoms with E-state index in [1.54, 1.807) is 17.8 Å². The lowest BCUT2D eigenvalue weighted by atomic mass is 9.87. The quantitative estimate of drug-likeness (QED) is 0.665. The summed E-state index contributed by atoms with van der Waals surface area (Å²) in [6, 6.07) is 17.9. The zero-order valence-electron chi connectivity index (χ0n) is 13.0. The van der Waals surface area contributed by atoms with E-state index in [-0.39, 0.29) is 5.56 Å². The van der Waals surface area contributed by atoms with E-state index in [0.29, 0.717) is 0 Å². The third-order valence-corrected chi connectivity index (χ3v) is 5.85. The van der Waals surface area contributed by atoms with Crippen LogP contribution in [0.15, 0.2) is 64.4 Å². The number of aromatic amines is 1. The maximum atomic E-state index is 12.2. The number of nitrogens with one attached hydrogen (secondary N) is 1. The lowest BCUT2D eigenvalue weighted by Crippen LogP contribution is -2.14. The van der Waals surface area contributed by atoms with E-state index in [1.165, 1.54) is 16.7 Å². The van der Waals surface area contributed by atoms with Gasteiger partial charge >= 0.3 is 0 Å². The molecule has 1 aliphatic rings. The molecule has 1 N–H and O–H groups in total. The van der Waals surface area contributed by atoms with Crippen LogP contribution in [0.5, 0.6) is 0 Å². The molecule has 4 heteroatoms. The second kappa shape index (κ2) is 6.50. The van der Waals surface area contributed by atoms with Crippen molar-refractivity contribution in [1.29, 1.82) is 0 Å². The molecule has 0 radical (unpaired) electrons. The van der Waals surface area contributed by atoms with Crippen LogP contribution >= 0.6 is 23.4 Å². The largest absolute Gasteiger partial charge is 0.317 e. The van der Waals surface area contributed by atoms with Crippen molar-refractivity contribution in [3.8, 4) is 11.1 Å². The van der Waals surface area contributed by atoms with Gasteiger partial charge in [0.1, 0.15) is 0 Å². The van der Waals surface area contributed by atoms with Crippen LogP contribution in [0.1, 0.15) is 16.7 Å². The Balaban J connectivity index is 1.72. The van der Waals surface area contributed by atoms with E-state index < -0.39 is 0 Å². The van der Waals surface area contributed by atoms with Crippen molar-refractivity contribution in [3.05, 3.63) is 86.7 Å². The summed E-state index contributed by atoms with van der Waals surface area (Å²) < 4.78 is 0. The lowest BCUT2D eigenvalue weighted by molar-refractivity contribution is 0.877. The molecular weight excluding hydrogens is 338 g/mol. The SMILES string of the molecule is O=c1cc2c(c(SCc3ccccc3Cl)[nH]1)CCc1ccccc1-2. The number of pyridine rings is 1. The standard InChI is InChI=1S/C20H16ClNOS/c21-18-8-4-2-6-14(18)12-24-20-16-10-9-13-5-1-3-7-15(13)17(16)11-19(23)22-20/h1-8,11H,9-10,12H2,(H,22,23). The second-order valence-electron chi connectivity index (χ2n) is 5.89. The average Bonchev–Trinajstić information content (AvgIpc) is 2.60. The molecule has 0 spiro atoms. The van der Waals surface area contributed by atoms with Crippen LogP contribution in [0, 0.1) is 0 Å². The Labute approximate surface area is 149 Å². The summed E-state index contributed by atoms with van der Waals surface area (Å²) in [6.45, 7) is 0. The van der Waals surface area contributed by atoms with Crippen LogP contribution in [0.25, 0.3) is 11.1 Å². The number of thioether (sulfide) groups is 1. The lowest BCUT2D eigenvalue weighted by Gasteiger charge is -2.21. The van der Waals surface area contributed by atoms with Crippen molar-refractivity contribution in [2.24, 2.45) is 0 Å². The van der Waals surface area contributed by atoms with Gasteiger partial charge in [-0.2, -0.15) is 0 Å². The Morgan fingerprint density at radius 3 is 2.67 bits per heavy atom. The highest BCUT2D eigenvalue weighted by atomic mass is 35.5. The first-order valence-electron chi connectivity index (χ1n) is 7.93. The minimum atomic E-state index is -0.0490. The summed E-state index contributed by atoms with van der Waals surface area (Å²) in [5.74, 6) is 0.744. The summed E-state index contributed by atoms with van der Waals surface area (Å²) in [4.78, 5) is 15.2. The molecule has 0 atom stereocenters. The molecule has 2 nitrogen and oxygen atoms in total. The molecule has 4 rings (SSSR count). The highest BCUT2D eigenvalue weighted by molar-refractivity contribution is 7.98. The van der Waals surface area contributed by atoms with Gasteiger partial charge in [0, 0.05) is 16.8 Å². The summed E-state index contributed by atoms with van der Waals surface area (Å²) in [5, 5.41) is 1.73. The van der Waals surface area contributed by atoms with Crippen molar-refractivity contribution < 1.29 is 0 Å². The fraction of sp³-hybridized carbons (Fsp3) is 0.150. The number of halogens is 1. The van der Waals surface area contributed by atoms with Crippen LogP contribution in [0.2, 0.25) is 5.02 Å². The van der Waals surface area contributed by atoms with E-state index >= 15 is 0 Å². The molecule has 3 aromatic rings. The average molecular weight is 354 g/mol. The smallest absolute Gasteiger partial charge is 0.249 e. The van der Waals surface area contributed by atoms with Crippen LogP contribution < -0.4 is 5.56 Å². The minimum Gasteiger partial charge on any atom is -0.317 e. The number of aryl methyl sites for hydroxylation is 1. The number of H-pyrrole nitrogens is 1. The molecule has 24 heavy (non-hydrogen) atoms. The third-order valence-electron chi connectivity index (χ3n) is 4.39. The fourth-order valence-corrected chi connectivity index (χ4v) is 4.59. The molecule has 0 fully saturated rings. The molecular formula is C20H16ClNOS. The molecule has 2 aromatic carbocycles. The van der Waals surface area contributed by atoms with Crippen molar-refractivity contribution >= 4 is 23.4 Å². The molecule has 0 saturated carbocycles. The second-order valence-corrected chi connectivity index (χ2v) is 7.28. The normalized spacial score (nSPS) is 12.5. The number of fused-ring (bicyclic) bond motifs is 3. The first-order valence-corrected chi connectivity index (χ1v) is 9.29. The first-order chi connectivity index (χ1) is 11.7. The van der Waals surface area contributed by atoms with Crippen LogP contribution in [-0.2, 0) is 18.6 Å². The van der Waals surface area contributed by atoms with Crippen molar-refractivity contribution in [2.45, 2.75) is 23.6 Å². The van der Waals surface area contributed by atoms with E-state index in [4.69, 9.17) is 11.6 Å². The molecule has 1 aromatic heterocycles. The highest BCUT2D eigenvalue weighted by Crippen LogP contribution is 2.37. The maximum absolute atomic E-state index is 12.2. The van der Waals surface area contributed by atoms with Gasteiger partial charge in [0.25, 0.3) is 0 Å². The molecule has 0 unspecified atom stereocenters. The number of hydrogen-bond donors (Lipinski definition) is 1. The topological polar surface area (TPSA) is 32.9 Å². The number of benzene rings is 2. The van der Waals surface area contributed by atoms with Crippen LogP contribution in [0.4, 0.5) is 0 Å². The van der Waals surface area contributed by atoms with Gasteiger partial charge in [-0.3, -0.25) is 4.79 Å². The van der Waals surface area contributed by atoms with Gasteiger partial charge in [-0.25, -0.2) is 0 Å². The Morgan fingerprint density at radius 1 is 1.00 bits per heavy atom. The van der Waals surface area contributed by atoms with Gasteiger partial charge in [0.05, 0.1) is 5.03 Å². The zero-order chi connectivity index (χ0) is 16.5. The molecule has 1 heterocycles. The molecule has 0 saturated heterocycles. The Hall–Kier alpha value is -1.97. The molecule has 120 valence electrons. The first kappa shape index (κ1) is 15.6. The molecule has 1 aliphatic carbocycles. The molecule has 0 aliphatic heterocycles. The van der Waals surface area contributed by atoms with E-state index in [2.05, 4.69) is 23.2 Å². The van der Waals surface area contributed by atoms with Crippen molar-refractivity contribution in [3.63, 3.8) is 0 Å². The highest BCUT2D eigenvalue weighted by Gasteiger charge is 2.20. The number of aromatic nitrogens is 1. The molecule has 0 amide bonds. The minimum absolute atomic E-state index is 0.0490. The fourth-order valence-electron chi connectivity index (χ4n) is 3.20. The van der Waals surface area contributed by atoms with Crippen molar-refractivity contribution in [2.75, 3.05) is 0 Å². The number of hydrogen-bond acceptors (Lipinski definition) is 2. The number of rotatable bonds is 3. The summed E-state index contributed by atoms with van der Waals surface area (Å²) >= 11 is 7.90. The Morgan fingerprint density at radius 2 is 1.79 bits per heavy atom. The summed E-state index contributed by atoms with van der Waals surface area (Å²) in [7, 11) is 0. The predicted molar refractivity (Wildman–Crippen MR) is 101 cm³/mol. The molecule has 0 bridgehead atoms. The van der Waals surface area contributed by atoms with Gasteiger partial charge in [-0.05, 0) is 46.7 Å². The van der Waals surface area contributed by atoms with Crippen LogP contribution in [-0.4, -0.2) is 4.98 Å². The monoisotopic (exact) mass is 353 g/mol. The van der Waals surface area contributed by atoms with Gasteiger partial charge in [-0.15, -0.1) is 11.8 Å². The van der Waals surface area contributed by atoms with Crippen molar-refractivity contribution in [1.82, 2.24) is 4.98 Å². The van der Waals surface area contributed by atoms with E-state index in [9.17, 15) is 4.79 Å².